The Bertz CT molecular complexity index is 265. The van der Waals surface area contributed by atoms with Crippen molar-refractivity contribution < 1.29 is 0 Å². The van der Waals surface area contributed by atoms with Gasteiger partial charge < -0.3 is 5.73 Å². The summed E-state index contributed by atoms with van der Waals surface area (Å²) in [4.78, 5) is 0. The zero-order chi connectivity index (χ0) is 11.4. The van der Waals surface area contributed by atoms with Gasteiger partial charge in [0, 0.05) is 22.1 Å². The van der Waals surface area contributed by atoms with Gasteiger partial charge in [0.05, 0.1) is 0 Å². The number of thioether (sulfide) groups is 1. The van der Waals surface area contributed by atoms with Gasteiger partial charge in [-0.15, -0.1) is 0 Å². The van der Waals surface area contributed by atoms with Crippen molar-refractivity contribution in [2.75, 3.05) is 0 Å². The van der Waals surface area contributed by atoms with Crippen LogP contribution in [0.1, 0.15) is 33.6 Å². The van der Waals surface area contributed by atoms with Crippen LogP contribution in [0, 0.1) is 5.92 Å². The largest absolute Gasteiger partial charge is 0.375 e. The molecule has 1 heterocycles. The van der Waals surface area contributed by atoms with Gasteiger partial charge in [-0.3, -0.25) is 5.43 Å². The fourth-order valence-corrected chi connectivity index (χ4v) is 3.38. The third-order valence-corrected chi connectivity index (χ3v) is 4.51. The summed E-state index contributed by atoms with van der Waals surface area (Å²) in [5.74, 6) is 0.512. The Morgan fingerprint density at radius 2 is 2.33 bits per heavy atom. The number of hydrazone groups is 1. The Kier molecular flexibility index (Phi) is 4.86. The number of nitrogens with two attached hydrogens (primary N) is 1. The van der Waals surface area contributed by atoms with Crippen molar-refractivity contribution in [2.45, 2.75) is 44.1 Å². The average Bonchev–Trinajstić information content (AvgIpc) is 2.18. The molecule has 86 valence electrons. The first-order valence-corrected chi connectivity index (χ1v) is 6.67. The van der Waals surface area contributed by atoms with Crippen molar-refractivity contribution in [1.29, 1.82) is 0 Å². The molecule has 0 unspecified atom stereocenters. The predicted molar refractivity (Wildman–Crippen MR) is 72.3 cm³/mol. The quantitative estimate of drug-likeness (QED) is 0.578. The molecule has 0 amide bonds. The van der Waals surface area contributed by atoms with Crippen molar-refractivity contribution >= 4 is 34.8 Å². The summed E-state index contributed by atoms with van der Waals surface area (Å²) in [5, 5.41) is 5.85. The third kappa shape index (κ3) is 3.65. The lowest BCUT2D eigenvalue weighted by molar-refractivity contribution is 0.645. The van der Waals surface area contributed by atoms with Crippen molar-refractivity contribution in [2.24, 2.45) is 16.8 Å². The maximum atomic E-state index is 5.36. The van der Waals surface area contributed by atoms with Crippen LogP contribution in [0.15, 0.2) is 5.10 Å². The van der Waals surface area contributed by atoms with Gasteiger partial charge in [0.25, 0.3) is 0 Å². The number of thiocarbonyl (C=S) groups is 1. The van der Waals surface area contributed by atoms with Crippen LogP contribution < -0.4 is 11.2 Å². The average molecular weight is 245 g/mol. The molecule has 0 radical (unpaired) electrons. The van der Waals surface area contributed by atoms with Gasteiger partial charge >= 0.3 is 0 Å². The molecular formula is C10H19N3S2. The highest BCUT2D eigenvalue weighted by molar-refractivity contribution is 8.00. The van der Waals surface area contributed by atoms with Gasteiger partial charge in [-0.2, -0.15) is 16.9 Å². The Labute approximate surface area is 101 Å². The topological polar surface area (TPSA) is 50.4 Å². The fourth-order valence-electron chi connectivity index (χ4n) is 1.88. The summed E-state index contributed by atoms with van der Waals surface area (Å²) in [5.41, 5.74) is 9.26. The molecule has 1 rings (SSSR count). The summed E-state index contributed by atoms with van der Waals surface area (Å²) in [6.45, 7) is 6.70. The molecule has 0 bridgehead atoms. The van der Waals surface area contributed by atoms with E-state index in [1.54, 1.807) is 0 Å². The number of nitrogens with zero attached hydrogens (tertiary/aromatic N) is 1. The number of rotatable bonds is 2. The zero-order valence-electron chi connectivity index (χ0n) is 9.49. The van der Waals surface area contributed by atoms with Gasteiger partial charge in [0.1, 0.15) is 0 Å². The summed E-state index contributed by atoms with van der Waals surface area (Å²) in [6.07, 6.45) is 2.21. The molecule has 0 aromatic rings. The second-order valence-electron chi connectivity index (χ2n) is 3.97. The Morgan fingerprint density at radius 3 is 2.87 bits per heavy atom. The van der Waals surface area contributed by atoms with Crippen LogP contribution in [-0.2, 0) is 0 Å². The number of hydrogen-bond donors (Lipinski definition) is 2. The number of nitrogens with one attached hydrogen (secondary N) is 1. The molecule has 1 fully saturated rings. The molecular weight excluding hydrogens is 226 g/mol. The van der Waals surface area contributed by atoms with Gasteiger partial charge in [-0.1, -0.05) is 20.8 Å². The molecule has 15 heavy (non-hydrogen) atoms. The number of hydrogen-bond acceptors (Lipinski definition) is 3. The van der Waals surface area contributed by atoms with E-state index in [-0.39, 0.29) is 5.11 Å². The SMILES string of the molecule is CC[C@@H]1S[C@H](C)C/C(=N\NC(N)=S)[C@H]1C. The van der Waals surface area contributed by atoms with Crippen LogP contribution in [0.4, 0.5) is 0 Å². The van der Waals surface area contributed by atoms with E-state index in [0.29, 0.717) is 16.4 Å². The van der Waals surface area contributed by atoms with Gasteiger partial charge in [0.2, 0.25) is 0 Å². The smallest absolute Gasteiger partial charge is 0.184 e. The van der Waals surface area contributed by atoms with Crippen molar-refractivity contribution in [1.82, 2.24) is 5.43 Å². The van der Waals surface area contributed by atoms with Crippen molar-refractivity contribution in [3.63, 3.8) is 0 Å². The highest BCUT2D eigenvalue weighted by Crippen LogP contribution is 2.35. The lowest BCUT2D eigenvalue weighted by atomic mass is 9.95. The first-order valence-electron chi connectivity index (χ1n) is 5.32. The second kappa shape index (κ2) is 5.70. The third-order valence-electron chi connectivity index (χ3n) is 2.70. The van der Waals surface area contributed by atoms with Crippen molar-refractivity contribution in [3.8, 4) is 0 Å². The van der Waals surface area contributed by atoms with Crippen LogP contribution in [0.3, 0.4) is 0 Å². The van der Waals surface area contributed by atoms with Crippen LogP contribution >= 0.6 is 24.0 Å². The van der Waals surface area contributed by atoms with E-state index in [2.05, 4.69) is 43.1 Å². The van der Waals surface area contributed by atoms with E-state index in [1.807, 2.05) is 0 Å². The van der Waals surface area contributed by atoms with E-state index >= 15 is 0 Å². The van der Waals surface area contributed by atoms with E-state index in [1.165, 1.54) is 12.1 Å². The molecule has 0 aliphatic carbocycles. The van der Waals surface area contributed by atoms with E-state index in [0.717, 1.165) is 6.42 Å². The minimum Gasteiger partial charge on any atom is -0.375 e. The molecule has 0 aromatic carbocycles. The molecule has 1 aliphatic rings. The standard InChI is InChI=1S/C10H19N3S2/c1-4-9-7(3)8(5-6(2)15-9)12-13-10(11)14/h6-7,9H,4-5H2,1-3H3,(H3,11,13,14)/b12-8+/t6-,7-,9+/m1/s1. The summed E-state index contributed by atoms with van der Waals surface area (Å²) in [7, 11) is 0. The molecule has 0 spiro atoms. The minimum absolute atomic E-state index is 0.244. The normalized spacial score (nSPS) is 34.1. The first-order chi connectivity index (χ1) is 7.04. The fraction of sp³-hybridized carbons (Fsp3) is 0.800. The summed E-state index contributed by atoms with van der Waals surface area (Å²) < 4.78 is 0. The first kappa shape index (κ1) is 12.8. The van der Waals surface area contributed by atoms with Crippen LogP contribution in [-0.4, -0.2) is 21.3 Å². The summed E-state index contributed by atoms with van der Waals surface area (Å²) in [6, 6.07) is 0. The molecule has 1 aliphatic heterocycles. The Balaban J connectivity index is 2.69. The summed E-state index contributed by atoms with van der Waals surface area (Å²) >= 11 is 6.80. The van der Waals surface area contributed by atoms with Crippen LogP contribution in [0.25, 0.3) is 0 Å². The van der Waals surface area contributed by atoms with Gasteiger partial charge in [-0.25, -0.2) is 0 Å². The highest BCUT2D eigenvalue weighted by atomic mass is 32.2. The molecule has 3 atom stereocenters. The lowest BCUT2D eigenvalue weighted by Gasteiger charge is -2.32. The van der Waals surface area contributed by atoms with E-state index in [4.69, 9.17) is 18.0 Å². The monoisotopic (exact) mass is 245 g/mol. The minimum atomic E-state index is 0.244. The molecule has 3 N–H and O–H groups in total. The molecule has 1 saturated heterocycles. The van der Waals surface area contributed by atoms with Crippen molar-refractivity contribution in [3.05, 3.63) is 0 Å². The second-order valence-corrected chi connectivity index (χ2v) is 6.09. The van der Waals surface area contributed by atoms with E-state index in [9.17, 15) is 0 Å². The van der Waals surface area contributed by atoms with E-state index < -0.39 is 0 Å². The highest BCUT2D eigenvalue weighted by Gasteiger charge is 2.29. The Hall–Kier alpha value is -0.290. The maximum absolute atomic E-state index is 5.36. The van der Waals surface area contributed by atoms with Crippen LogP contribution in [0.5, 0.6) is 0 Å². The molecule has 5 heteroatoms. The zero-order valence-corrected chi connectivity index (χ0v) is 11.1. The van der Waals surface area contributed by atoms with Gasteiger partial charge in [0.15, 0.2) is 5.11 Å². The lowest BCUT2D eigenvalue weighted by Crippen LogP contribution is -2.35. The molecule has 0 aromatic heterocycles. The maximum Gasteiger partial charge on any atom is 0.184 e. The molecule has 0 saturated carbocycles. The van der Waals surface area contributed by atoms with Gasteiger partial charge in [-0.05, 0) is 25.1 Å². The molecule has 3 nitrogen and oxygen atoms in total. The van der Waals surface area contributed by atoms with Crippen LogP contribution in [0.2, 0.25) is 0 Å². The predicted octanol–water partition coefficient (Wildman–Crippen LogP) is 2.12. The Morgan fingerprint density at radius 1 is 1.67 bits per heavy atom.